The Bertz CT molecular complexity index is 732. The van der Waals surface area contributed by atoms with Crippen LogP contribution in [0.2, 0.25) is 0 Å². The van der Waals surface area contributed by atoms with Gasteiger partial charge >= 0.3 is 0 Å². The van der Waals surface area contributed by atoms with Crippen molar-refractivity contribution < 1.29 is 9.59 Å². The van der Waals surface area contributed by atoms with E-state index in [1.165, 1.54) is 0 Å². The number of nitrogens with one attached hydrogen (secondary N) is 1. The van der Waals surface area contributed by atoms with Gasteiger partial charge in [0.15, 0.2) is 0 Å². The van der Waals surface area contributed by atoms with Crippen molar-refractivity contribution in [1.82, 2.24) is 5.32 Å². The highest BCUT2D eigenvalue weighted by molar-refractivity contribution is 9.10. The largest absolute Gasteiger partial charge is 0.348 e. The van der Waals surface area contributed by atoms with Gasteiger partial charge in [0.05, 0.1) is 17.6 Å². The van der Waals surface area contributed by atoms with Gasteiger partial charge in [-0.3, -0.25) is 9.59 Å². The van der Waals surface area contributed by atoms with Crippen molar-refractivity contribution in [2.24, 2.45) is 5.92 Å². The first-order chi connectivity index (χ1) is 11.6. The zero-order chi connectivity index (χ0) is 17.1. The molecule has 1 aromatic carbocycles. The molecule has 1 N–H and O–H groups in total. The van der Waals surface area contributed by atoms with Crippen molar-refractivity contribution in [3.05, 3.63) is 51.1 Å². The summed E-state index contributed by atoms with van der Waals surface area (Å²) in [5.74, 6) is -0.358. The summed E-state index contributed by atoms with van der Waals surface area (Å²) in [7, 11) is 0. The average Bonchev–Trinajstić information content (AvgIpc) is 3.23. The van der Waals surface area contributed by atoms with Gasteiger partial charge in [-0.05, 0) is 45.9 Å². The maximum atomic E-state index is 12.6. The number of nitrogens with zero attached hydrogens (tertiary/aromatic N) is 1. The zero-order valence-corrected chi connectivity index (χ0v) is 15.8. The molecule has 0 spiro atoms. The third kappa shape index (κ3) is 3.54. The van der Waals surface area contributed by atoms with E-state index >= 15 is 0 Å². The van der Waals surface area contributed by atoms with E-state index in [9.17, 15) is 9.59 Å². The Kier molecular flexibility index (Phi) is 5.36. The fourth-order valence-corrected chi connectivity index (χ4v) is 4.30. The van der Waals surface area contributed by atoms with E-state index in [4.69, 9.17) is 0 Å². The minimum absolute atomic E-state index is 0.00813. The monoisotopic (exact) mass is 406 g/mol. The molecule has 1 fully saturated rings. The molecule has 24 heavy (non-hydrogen) atoms. The Hall–Kier alpha value is -1.66. The highest BCUT2D eigenvalue weighted by atomic mass is 79.9. The van der Waals surface area contributed by atoms with Gasteiger partial charge in [0, 0.05) is 22.3 Å². The smallest absolute Gasteiger partial charge is 0.227 e. The fourth-order valence-electron chi connectivity index (χ4n) is 2.94. The summed E-state index contributed by atoms with van der Waals surface area (Å²) < 4.78 is 0.865. The fraction of sp³-hybridized carbons (Fsp3) is 0.333. The molecule has 2 atom stereocenters. The molecule has 1 aromatic heterocycles. The molecule has 2 aromatic rings. The van der Waals surface area contributed by atoms with Crippen LogP contribution in [-0.4, -0.2) is 18.4 Å². The highest BCUT2D eigenvalue weighted by Gasteiger charge is 2.36. The lowest BCUT2D eigenvalue weighted by Gasteiger charge is -2.20. The van der Waals surface area contributed by atoms with E-state index in [2.05, 4.69) is 28.2 Å². The molecule has 2 heterocycles. The highest BCUT2D eigenvalue weighted by Crippen LogP contribution is 2.32. The third-order valence-corrected chi connectivity index (χ3v) is 5.91. The first-order valence-corrected chi connectivity index (χ1v) is 9.66. The molecule has 0 radical (unpaired) electrons. The van der Waals surface area contributed by atoms with Gasteiger partial charge in [-0.25, -0.2) is 0 Å². The summed E-state index contributed by atoms with van der Waals surface area (Å²) >= 11 is 5.12. The molecular formula is C18H19BrN2O2S. The number of hydrogen-bond donors (Lipinski definition) is 1. The van der Waals surface area contributed by atoms with Crippen LogP contribution in [0.25, 0.3) is 0 Å². The van der Waals surface area contributed by atoms with Gasteiger partial charge in [0.2, 0.25) is 11.8 Å². The van der Waals surface area contributed by atoms with Crippen molar-refractivity contribution in [2.75, 3.05) is 11.4 Å². The minimum Gasteiger partial charge on any atom is -0.348 e. The number of hydrogen-bond acceptors (Lipinski definition) is 3. The van der Waals surface area contributed by atoms with Gasteiger partial charge in [0.25, 0.3) is 0 Å². The number of thiophene rings is 1. The Morgan fingerprint density at radius 3 is 2.83 bits per heavy atom. The molecule has 1 aliphatic heterocycles. The summed E-state index contributed by atoms with van der Waals surface area (Å²) in [6, 6.07) is 11.6. The predicted molar refractivity (Wildman–Crippen MR) is 100 cm³/mol. The van der Waals surface area contributed by atoms with Crippen molar-refractivity contribution in [1.29, 1.82) is 0 Å². The summed E-state index contributed by atoms with van der Waals surface area (Å²) in [5, 5.41) is 5.11. The predicted octanol–water partition coefficient (Wildman–Crippen LogP) is 4.13. The maximum absolute atomic E-state index is 12.6. The standard InChI is InChI=1S/C18H19BrN2O2S/c1-2-14(16-8-5-9-24-16)20-18(23)12-10-17(22)21(11-12)15-7-4-3-6-13(15)19/h3-9,12,14H,2,10-11H2,1H3,(H,20,23). The summed E-state index contributed by atoms with van der Waals surface area (Å²) in [6.07, 6.45) is 1.09. The van der Waals surface area contributed by atoms with Crippen molar-refractivity contribution >= 4 is 44.8 Å². The number of rotatable bonds is 5. The van der Waals surface area contributed by atoms with E-state index < -0.39 is 0 Å². The van der Waals surface area contributed by atoms with E-state index in [1.807, 2.05) is 41.8 Å². The quantitative estimate of drug-likeness (QED) is 0.810. The lowest BCUT2D eigenvalue weighted by Crippen LogP contribution is -2.35. The van der Waals surface area contributed by atoms with Crippen molar-refractivity contribution in [2.45, 2.75) is 25.8 Å². The Morgan fingerprint density at radius 2 is 2.17 bits per heavy atom. The third-order valence-electron chi connectivity index (χ3n) is 4.25. The van der Waals surface area contributed by atoms with Crippen molar-refractivity contribution in [3.63, 3.8) is 0 Å². The molecule has 0 aliphatic carbocycles. The average molecular weight is 407 g/mol. The Morgan fingerprint density at radius 1 is 1.38 bits per heavy atom. The van der Waals surface area contributed by atoms with Crippen molar-refractivity contribution in [3.8, 4) is 0 Å². The Labute approximate surface area is 154 Å². The normalized spacial score (nSPS) is 18.7. The van der Waals surface area contributed by atoms with Gasteiger partial charge < -0.3 is 10.2 Å². The second-order valence-corrected chi connectivity index (χ2v) is 7.68. The van der Waals surface area contributed by atoms with E-state index in [0.29, 0.717) is 6.54 Å². The number of amides is 2. The van der Waals surface area contributed by atoms with Gasteiger partial charge in [-0.1, -0.05) is 25.1 Å². The number of carbonyl (C=O) groups is 2. The molecular weight excluding hydrogens is 388 g/mol. The molecule has 0 bridgehead atoms. The lowest BCUT2D eigenvalue weighted by atomic mass is 10.1. The lowest BCUT2D eigenvalue weighted by molar-refractivity contribution is -0.127. The van der Waals surface area contributed by atoms with Crippen LogP contribution in [0.3, 0.4) is 0 Å². The molecule has 1 saturated heterocycles. The van der Waals surface area contributed by atoms with Crippen LogP contribution in [-0.2, 0) is 9.59 Å². The summed E-state index contributed by atoms with van der Waals surface area (Å²) in [5.41, 5.74) is 0.822. The zero-order valence-electron chi connectivity index (χ0n) is 13.4. The van der Waals surface area contributed by atoms with Crippen LogP contribution in [0, 0.1) is 5.92 Å². The molecule has 1 aliphatic rings. The van der Waals surface area contributed by atoms with Crippen LogP contribution in [0.4, 0.5) is 5.69 Å². The minimum atomic E-state index is -0.307. The molecule has 0 saturated carbocycles. The molecule has 2 amide bonds. The number of carbonyl (C=O) groups excluding carboxylic acids is 2. The SMILES string of the molecule is CCC(NC(=O)C1CC(=O)N(c2ccccc2Br)C1)c1cccs1. The number of halogens is 1. The van der Waals surface area contributed by atoms with Crippen LogP contribution in [0.15, 0.2) is 46.3 Å². The number of para-hydroxylation sites is 1. The van der Waals surface area contributed by atoms with Gasteiger partial charge in [-0.2, -0.15) is 0 Å². The van der Waals surface area contributed by atoms with Crippen LogP contribution in [0.1, 0.15) is 30.7 Å². The molecule has 126 valence electrons. The van der Waals surface area contributed by atoms with Crippen LogP contribution < -0.4 is 10.2 Å². The van der Waals surface area contributed by atoms with E-state index in [1.54, 1.807) is 16.2 Å². The topological polar surface area (TPSA) is 49.4 Å². The Balaban J connectivity index is 1.69. The van der Waals surface area contributed by atoms with Crippen LogP contribution in [0.5, 0.6) is 0 Å². The molecule has 3 rings (SSSR count). The number of benzene rings is 1. The maximum Gasteiger partial charge on any atom is 0.227 e. The van der Waals surface area contributed by atoms with Gasteiger partial charge in [0.1, 0.15) is 0 Å². The second-order valence-electron chi connectivity index (χ2n) is 5.84. The first kappa shape index (κ1) is 17.2. The van der Waals surface area contributed by atoms with E-state index in [-0.39, 0.29) is 30.2 Å². The molecule has 2 unspecified atom stereocenters. The van der Waals surface area contributed by atoms with E-state index in [0.717, 1.165) is 21.5 Å². The number of anilines is 1. The van der Waals surface area contributed by atoms with Gasteiger partial charge in [-0.15, -0.1) is 11.3 Å². The van der Waals surface area contributed by atoms with Crippen LogP contribution >= 0.6 is 27.3 Å². The first-order valence-electron chi connectivity index (χ1n) is 7.98. The second kappa shape index (κ2) is 7.49. The molecule has 4 nitrogen and oxygen atoms in total. The summed E-state index contributed by atoms with van der Waals surface area (Å²) in [6.45, 7) is 2.48. The molecule has 6 heteroatoms. The summed E-state index contributed by atoms with van der Waals surface area (Å²) in [4.78, 5) is 27.8.